The molecule has 0 aliphatic heterocycles. The van der Waals surface area contributed by atoms with Gasteiger partial charge in [-0.2, -0.15) is 0 Å². The van der Waals surface area contributed by atoms with Crippen LogP contribution in [0.25, 0.3) is 0 Å². The van der Waals surface area contributed by atoms with E-state index in [1.54, 1.807) is 0 Å². The van der Waals surface area contributed by atoms with E-state index in [9.17, 15) is 4.79 Å². The Hall–Kier alpha value is -1.35. The normalized spacial score (nSPS) is 15.7. The van der Waals surface area contributed by atoms with Crippen molar-refractivity contribution >= 4 is 5.91 Å². The number of carbonyl (C=O) groups is 1. The maximum Gasteiger partial charge on any atom is 0.224 e. The summed E-state index contributed by atoms with van der Waals surface area (Å²) in [6.45, 7) is 3.25. The van der Waals surface area contributed by atoms with Crippen molar-refractivity contribution in [2.45, 2.75) is 51.6 Å². The number of nitrogens with two attached hydrogens (primary N) is 1. The zero-order valence-corrected chi connectivity index (χ0v) is 11.8. The van der Waals surface area contributed by atoms with Gasteiger partial charge in [-0.3, -0.25) is 4.79 Å². The summed E-state index contributed by atoms with van der Waals surface area (Å²) in [4.78, 5) is 14.3. The molecule has 3 nitrogen and oxygen atoms in total. The molecular formula is C16H24N2O. The maximum atomic E-state index is 12.2. The van der Waals surface area contributed by atoms with Gasteiger partial charge in [-0.05, 0) is 25.3 Å². The summed E-state index contributed by atoms with van der Waals surface area (Å²) in [6, 6.07) is 8.87. The van der Waals surface area contributed by atoms with E-state index in [0.717, 1.165) is 19.4 Å². The summed E-state index contributed by atoms with van der Waals surface area (Å²) < 4.78 is 0. The first-order valence-electron chi connectivity index (χ1n) is 7.26. The molecule has 1 aromatic carbocycles. The number of nitrogens with zero attached hydrogens (tertiary/aromatic N) is 1. The van der Waals surface area contributed by atoms with Gasteiger partial charge < -0.3 is 10.6 Å². The van der Waals surface area contributed by atoms with Crippen molar-refractivity contribution in [3.8, 4) is 0 Å². The number of aryl methyl sites for hydroxylation is 1. The number of hydrogen-bond acceptors (Lipinski definition) is 2. The number of amides is 1. The highest BCUT2D eigenvalue weighted by Crippen LogP contribution is 2.25. The summed E-state index contributed by atoms with van der Waals surface area (Å²) in [6.07, 6.45) is 5.22. The van der Waals surface area contributed by atoms with Gasteiger partial charge in [0.05, 0.1) is 0 Å². The van der Waals surface area contributed by atoms with Crippen LogP contribution in [0.15, 0.2) is 24.3 Å². The summed E-state index contributed by atoms with van der Waals surface area (Å²) in [7, 11) is 0. The molecule has 3 heteroatoms. The number of hydrogen-bond donors (Lipinski definition) is 1. The van der Waals surface area contributed by atoms with Crippen molar-refractivity contribution in [2.24, 2.45) is 5.73 Å². The molecule has 0 spiro atoms. The lowest BCUT2D eigenvalue weighted by Gasteiger charge is -2.29. The quantitative estimate of drug-likeness (QED) is 0.884. The molecule has 0 atom stereocenters. The van der Waals surface area contributed by atoms with Gasteiger partial charge in [0.2, 0.25) is 5.91 Å². The van der Waals surface area contributed by atoms with Gasteiger partial charge in [0, 0.05) is 25.6 Å². The minimum atomic E-state index is 0.204. The Morgan fingerprint density at radius 2 is 1.89 bits per heavy atom. The molecule has 0 saturated heterocycles. The van der Waals surface area contributed by atoms with Crippen molar-refractivity contribution in [2.75, 3.05) is 6.54 Å². The van der Waals surface area contributed by atoms with Gasteiger partial charge in [0.1, 0.15) is 0 Å². The van der Waals surface area contributed by atoms with Crippen LogP contribution in [-0.2, 0) is 11.3 Å². The van der Waals surface area contributed by atoms with Crippen LogP contribution in [0.4, 0.5) is 0 Å². The summed E-state index contributed by atoms with van der Waals surface area (Å²) in [5, 5.41) is 0. The van der Waals surface area contributed by atoms with E-state index in [0.29, 0.717) is 19.0 Å². The molecule has 0 unspecified atom stereocenters. The topological polar surface area (TPSA) is 46.3 Å². The monoisotopic (exact) mass is 260 g/mol. The fraction of sp³-hybridized carbons (Fsp3) is 0.562. The van der Waals surface area contributed by atoms with Gasteiger partial charge in [0.15, 0.2) is 0 Å². The van der Waals surface area contributed by atoms with Gasteiger partial charge in [0.25, 0.3) is 0 Å². The van der Waals surface area contributed by atoms with Crippen LogP contribution in [-0.4, -0.2) is 23.4 Å². The van der Waals surface area contributed by atoms with Crippen LogP contribution < -0.4 is 5.73 Å². The van der Waals surface area contributed by atoms with Crippen LogP contribution >= 0.6 is 0 Å². The molecule has 0 bridgehead atoms. The lowest BCUT2D eigenvalue weighted by atomic mass is 10.1. The molecule has 0 aromatic heterocycles. The first-order valence-corrected chi connectivity index (χ1v) is 7.26. The lowest BCUT2D eigenvalue weighted by Crippen LogP contribution is -2.39. The average molecular weight is 260 g/mol. The third kappa shape index (κ3) is 3.80. The number of rotatable bonds is 5. The summed E-state index contributed by atoms with van der Waals surface area (Å²) >= 11 is 0. The van der Waals surface area contributed by atoms with E-state index in [2.05, 4.69) is 31.2 Å². The second-order valence-electron chi connectivity index (χ2n) is 5.48. The molecule has 0 heterocycles. The number of carbonyl (C=O) groups excluding carboxylic acids is 1. The largest absolute Gasteiger partial charge is 0.335 e. The molecule has 2 N–H and O–H groups in total. The maximum absolute atomic E-state index is 12.2. The first-order chi connectivity index (χ1) is 9.20. The Balaban J connectivity index is 2.08. The van der Waals surface area contributed by atoms with E-state index in [-0.39, 0.29) is 5.91 Å². The first kappa shape index (κ1) is 14.1. The van der Waals surface area contributed by atoms with Gasteiger partial charge in [-0.15, -0.1) is 0 Å². The van der Waals surface area contributed by atoms with Crippen molar-refractivity contribution < 1.29 is 4.79 Å². The van der Waals surface area contributed by atoms with Crippen molar-refractivity contribution in [3.63, 3.8) is 0 Å². The van der Waals surface area contributed by atoms with Crippen LogP contribution in [0.1, 0.15) is 43.2 Å². The molecule has 1 saturated carbocycles. The Morgan fingerprint density at radius 1 is 1.26 bits per heavy atom. The Kier molecular flexibility index (Phi) is 4.97. The van der Waals surface area contributed by atoms with Crippen LogP contribution in [0, 0.1) is 6.92 Å². The van der Waals surface area contributed by atoms with Crippen LogP contribution in [0.3, 0.4) is 0 Å². The van der Waals surface area contributed by atoms with Gasteiger partial charge >= 0.3 is 0 Å². The predicted octanol–water partition coefficient (Wildman–Crippen LogP) is 2.62. The fourth-order valence-corrected chi connectivity index (χ4v) is 2.79. The van der Waals surface area contributed by atoms with E-state index >= 15 is 0 Å². The Labute approximate surface area is 115 Å². The SMILES string of the molecule is Cc1ccc(CN(C(=O)CCN)C2CCCC2)cc1. The average Bonchev–Trinajstić information content (AvgIpc) is 2.92. The molecule has 2 rings (SSSR count). The van der Waals surface area contributed by atoms with E-state index in [4.69, 9.17) is 5.73 Å². The zero-order valence-electron chi connectivity index (χ0n) is 11.8. The second-order valence-corrected chi connectivity index (χ2v) is 5.48. The molecule has 104 valence electrons. The number of benzene rings is 1. The van der Waals surface area contributed by atoms with E-state index < -0.39 is 0 Å². The Bertz CT molecular complexity index is 407. The molecule has 0 radical (unpaired) electrons. The molecule has 19 heavy (non-hydrogen) atoms. The van der Waals surface area contributed by atoms with E-state index in [1.165, 1.54) is 24.0 Å². The molecule has 1 fully saturated rings. The van der Waals surface area contributed by atoms with Crippen LogP contribution in [0.2, 0.25) is 0 Å². The smallest absolute Gasteiger partial charge is 0.224 e. The molecule has 1 aliphatic carbocycles. The molecule has 1 aliphatic rings. The molecule has 1 amide bonds. The van der Waals surface area contributed by atoms with Crippen molar-refractivity contribution in [3.05, 3.63) is 35.4 Å². The molecule has 1 aromatic rings. The van der Waals surface area contributed by atoms with Crippen LogP contribution in [0.5, 0.6) is 0 Å². The summed E-state index contributed by atoms with van der Waals surface area (Å²) in [5.41, 5.74) is 8.00. The second kappa shape index (κ2) is 6.71. The predicted molar refractivity (Wildman–Crippen MR) is 77.7 cm³/mol. The summed E-state index contributed by atoms with van der Waals surface area (Å²) in [5.74, 6) is 0.204. The van der Waals surface area contributed by atoms with Gasteiger partial charge in [-0.1, -0.05) is 42.7 Å². The molecular weight excluding hydrogens is 236 g/mol. The highest BCUT2D eigenvalue weighted by atomic mass is 16.2. The third-order valence-corrected chi connectivity index (χ3v) is 3.92. The minimum Gasteiger partial charge on any atom is -0.335 e. The van der Waals surface area contributed by atoms with Gasteiger partial charge in [-0.25, -0.2) is 0 Å². The van der Waals surface area contributed by atoms with E-state index in [1.807, 2.05) is 4.90 Å². The lowest BCUT2D eigenvalue weighted by molar-refractivity contribution is -0.133. The third-order valence-electron chi connectivity index (χ3n) is 3.92. The Morgan fingerprint density at radius 3 is 2.47 bits per heavy atom. The standard InChI is InChI=1S/C16H24N2O/c1-13-6-8-14(9-7-13)12-18(16(19)10-11-17)15-4-2-3-5-15/h6-9,15H,2-5,10-12,17H2,1H3. The van der Waals surface area contributed by atoms with Crippen molar-refractivity contribution in [1.29, 1.82) is 0 Å². The minimum absolute atomic E-state index is 0.204. The van der Waals surface area contributed by atoms with Crippen molar-refractivity contribution in [1.82, 2.24) is 4.90 Å². The fourth-order valence-electron chi connectivity index (χ4n) is 2.79. The zero-order chi connectivity index (χ0) is 13.7. The highest BCUT2D eigenvalue weighted by molar-refractivity contribution is 5.76. The highest BCUT2D eigenvalue weighted by Gasteiger charge is 2.26.